The predicted octanol–water partition coefficient (Wildman–Crippen LogP) is 1.94. The molecule has 9 heavy (non-hydrogen) atoms. The van der Waals surface area contributed by atoms with Crippen LogP contribution < -0.4 is 5.73 Å². The monoisotopic (exact) mass is 127 g/mol. The molecule has 0 aromatic carbocycles. The van der Waals surface area contributed by atoms with Crippen LogP contribution in [0.1, 0.15) is 27.7 Å². The SMILES string of the molecule is CC=C(C)C(C)(C)CN. The quantitative estimate of drug-likeness (QED) is 0.564. The Morgan fingerprint density at radius 1 is 1.56 bits per heavy atom. The summed E-state index contributed by atoms with van der Waals surface area (Å²) in [6.45, 7) is 9.20. The van der Waals surface area contributed by atoms with Crippen LogP contribution in [0.25, 0.3) is 0 Å². The molecule has 0 aromatic rings. The molecule has 54 valence electrons. The molecule has 0 aliphatic heterocycles. The van der Waals surface area contributed by atoms with Gasteiger partial charge < -0.3 is 5.73 Å². The maximum Gasteiger partial charge on any atom is 0.00114 e. The second-order valence-electron chi connectivity index (χ2n) is 3.06. The number of hydrogen-bond acceptors (Lipinski definition) is 1. The van der Waals surface area contributed by atoms with E-state index >= 15 is 0 Å². The number of rotatable bonds is 2. The first-order chi connectivity index (χ1) is 4.04. The zero-order valence-corrected chi connectivity index (χ0v) is 6.86. The van der Waals surface area contributed by atoms with E-state index in [0.717, 1.165) is 6.54 Å². The highest BCUT2D eigenvalue weighted by atomic mass is 14.6. The van der Waals surface area contributed by atoms with Gasteiger partial charge in [-0.25, -0.2) is 0 Å². The van der Waals surface area contributed by atoms with Gasteiger partial charge in [-0.05, 0) is 19.3 Å². The molecule has 0 radical (unpaired) electrons. The van der Waals surface area contributed by atoms with E-state index in [-0.39, 0.29) is 5.41 Å². The molecular weight excluding hydrogens is 110 g/mol. The molecule has 0 aromatic heterocycles. The predicted molar refractivity (Wildman–Crippen MR) is 42.3 cm³/mol. The van der Waals surface area contributed by atoms with Gasteiger partial charge in [0.1, 0.15) is 0 Å². The third kappa shape index (κ3) is 2.19. The van der Waals surface area contributed by atoms with Crippen molar-refractivity contribution in [3.63, 3.8) is 0 Å². The van der Waals surface area contributed by atoms with Gasteiger partial charge in [0.05, 0.1) is 0 Å². The number of hydrogen-bond donors (Lipinski definition) is 1. The first-order valence-corrected chi connectivity index (χ1v) is 3.38. The second-order valence-corrected chi connectivity index (χ2v) is 3.06. The van der Waals surface area contributed by atoms with E-state index in [2.05, 4.69) is 26.8 Å². The van der Waals surface area contributed by atoms with Crippen molar-refractivity contribution in [3.8, 4) is 0 Å². The van der Waals surface area contributed by atoms with Crippen LogP contribution in [0.2, 0.25) is 0 Å². The lowest BCUT2D eigenvalue weighted by atomic mass is 9.85. The van der Waals surface area contributed by atoms with E-state index in [4.69, 9.17) is 5.73 Å². The van der Waals surface area contributed by atoms with Crippen LogP contribution in [-0.2, 0) is 0 Å². The van der Waals surface area contributed by atoms with Gasteiger partial charge in [-0.15, -0.1) is 0 Å². The highest BCUT2D eigenvalue weighted by Crippen LogP contribution is 2.23. The Morgan fingerprint density at radius 2 is 2.00 bits per heavy atom. The van der Waals surface area contributed by atoms with Crippen LogP contribution in [0, 0.1) is 5.41 Å². The normalized spacial score (nSPS) is 14.1. The highest BCUT2D eigenvalue weighted by Gasteiger charge is 2.15. The zero-order valence-electron chi connectivity index (χ0n) is 6.86. The fourth-order valence-corrected chi connectivity index (χ4v) is 0.552. The zero-order chi connectivity index (χ0) is 7.49. The lowest BCUT2D eigenvalue weighted by Crippen LogP contribution is -2.24. The molecule has 2 N–H and O–H groups in total. The molecule has 0 aliphatic rings. The van der Waals surface area contributed by atoms with E-state index in [1.54, 1.807) is 0 Å². The van der Waals surface area contributed by atoms with Crippen molar-refractivity contribution in [2.45, 2.75) is 27.7 Å². The van der Waals surface area contributed by atoms with Crippen molar-refractivity contribution in [3.05, 3.63) is 11.6 Å². The number of allylic oxidation sites excluding steroid dienone is 1. The van der Waals surface area contributed by atoms with Gasteiger partial charge in [0.15, 0.2) is 0 Å². The van der Waals surface area contributed by atoms with Crippen LogP contribution in [-0.4, -0.2) is 6.54 Å². The van der Waals surface area contributed by atoms with Crippen LogP contribution in [0.15, 0.2) is 11.6 Å². The van der Waals surface area contributed by atoms with Crippen molar-refractivity contribution in [1.29, 1.82) is 0 Å². The molecule has 0 bridgehead atoms. The molecule has 0 spiro atoms. The average Bonchev–Trinajstić information content (AvgIpc) is 1.86. The molecule has 0 amide bonds. The van der Waals surface area contributed by atoms with E-state index in [9.17, 15) is 0 Å². The van der Waals surface area contributed by atoms with Crippen molar-refractivity contribution in [2.24, 2.45) is 11.1 Å². The fourth-order valence-electron chi connectivity index (χ4n) is 0.552. The molecular formula is C8H17N. The average molecular weight is 127 g/mol. The Morgan fingerprint density at radius 3 is 2.11 bits per heavy atom. The van der Waals surface area contributed by atoms with E-state index in [0.29, 0.717) is 0 Å². The molecule has 0 aliphatic carbocycles. The Hall–Kier alpha value is -0.300. The van der Waals surface area contributed by atoms with E-state index in [1.807, 2.05) is 6.92 Å². The molecule has 0 saturated carbocycles. The largest absolute Gasteiger partial charge is 0.330 e. The van der Waals surface area contributed by atoms with Crippen LogP contribution in [0.3, 0.4) is 0 Å². The lowest BCUT2D eigenvalue weighted by molar-refractivity contribution is 0.460. The lowest BCUT2D eigenvalue weighted by Gasteiger charge is -2.22. The van der Waals surface area contributed by atoms with Crippen molar-refractivity contribution >= 4 is 0 Å². The minimum atomic E-state index is 0.189. The summed E-state index contributed by atoms with van der Waals surface area (Å²) < 4.78 is 0. The summed E-state index contributed by atoms with van der Waals surface area (Å²) >= 11 is 0. The summed E-state index contributed by atoms with van der Waals surface area (Å²) in [5.41, 5.74) is 7.10. The summed E-state index contributed by atoms with van der Waals surface area (Å²) in [5.74, 6) is 0. The van der Waals surface area contributed by atoms with E-state index in [1.165, 1.54) is 5.57 Å². The highest BCUT2D eigenvalue weighted by molar-refractivity contribution is 5.07. The maximum absolute atomic E-state index is 5.54. The van der Waals surface area contributed by atoms with Gasteiger partial charge in [-0.2, -0.15) is 0 Å². The number of nitrogens with two attached hydrogens (primary N) is 1. The third-order valence-corrected chi connectivity index (χ3v) is 2.01. The van der Waals surface area contributed by atoms with Crippen molar-refractivity contribution < 1.29 is 0 Å². The second kappa shape index (κ2) is 3.02. The van der Waals surface area contributed by atoms with Crippen molar-refractivity contribution in [1.82, 2.24) is 0 Å². The standard InChI is InChI=1S/C8H17N/c1-5-7(2)8(3,4)6-9/h5H,6,9H2,1-4H3. The van der Waals surface area contributed by atoms with Gasteiger partial charge in [0, 0.05) is 6.54 Å². The van der Waals surface area contributed by atoms with Gasteiger partial charge >= 0.3 is 0 Å². The molecule has 0 fully saturated rings. The topological polar surface area (TPSA) is 26.0 Å². The Bertz CT molecular complexity index is 112. The Kier molecular flexibility index (Phi) is 2.92. The Labute approximate surface area is 57.9 Å². The minimum absolute atomic E-state index is 0.189. The van der Waals surface area contributed by atoms with Crippen LogP contribution in [0.4, 0.5) is 0 Å². The molecule has 1 nitrogen and oxygen atoms in total. The molecule has 0 heterocycles. The van der Waals surface area contributed by atoms with Gasteiger partial charge in [-0.1, -0.05) is 25.5 Å². The summed E-state index contributed by atoms with van der Waals surface area (Å²) in [7, 11) is 0. The van der Waals surface area contributed by atoms with E-state index < -0.39 is 0 Å². The first-order valence-electron chi connectivity index (χ1n) is 3.38. The van der Waals surface area contributed by atoms with Crippen LogP contribution in [0.5, 0.6) is 0 Å². The Balaban J connectivity index is 4.14. The van der Waals surface area contributed by atoms with Gasteiger partial charge in [-0.3, -0.25) is 0 Å². The summed E-state index contributed by atoms with van der Waals surface area (Å²) in [5, 5.41) is 0. The molecule has 0 atom stereocenters. The summed E-state index contributed by atoms with van der Waals surface area (Å²) in [6.07, 6.45) is 2.12. The molecule has 0 saturated heterocycles. The van der Waals surface area contributed by atoms with Gasteiger partial charge in [0.2, 0.25) is 0 Å². The fraction of sp³-hybridized carbons (Fsp3) is 0.750. The molecule has 0 rings (SSSR count). The van der Waals surface area contributed by atoms with Crippen molar-refractivity contribution in [2.75, 3.05) is 6.54 Å². The molecule has 1 heteroatoms. The smallest absolute Gasteiger partial charge is 0.00114 e. The third-order valence-electron chi connectivity index (χ3n) is 2.01. The maximum atomic E-state index is 5.54. The summed E-state index contributed by atoms with van der Waals surface area (Å²) in [6, 6.07) is 0. The first kappa shape index (κ1) is 8.70. The van der Waals surface area contributed by atoms with Gasteiger partial charge in [0.25, 0.3) is 0 Å². The summed E-state index contributed by atoms with van der Waals surface area (Å²) in [4.78, 5) is 0. The van der Waals surface area contributed by atoms with Crippen LogP contribution >= 0.6 is 0 Å². The molecule has 0 unspecified atom stereocenters. The minimum Gasteiger partial charge on any atom is -0.330 e.